The maximum Gasteiger partial charge on any atom is 0.331 e. The molecule has 0 aliphatic carbocycles. The third-order valence-corrected chi connectivity index (χ3v) is 4.54. The molecule has 0 saturated carbocycles. The monoisotopic (exact) mass is 314 g/mol. The van der Waals surface area contributed by atoms with Crippen molar-refractivity contribution in [2.45, 2.75) is 71.1 Å². The van der Waals surface area contributed by atoms with Crippen molar-refractivity contribution in [3.8, 4) is 0 Å². The molecule has 0 atom stereocenters. The highest BCUT2D eigenvalue weighted by Crippen LogP contribution is 2.46. The lowest BCUT2D eigenvalue weighted by atomic mass is 9.74. The minimum atomic E-state index is -1.15. The number of carboxylic acids is 1. The molecule has 0 bridgehead atoms. The van der Waals surface area contributed by atoms with Crippen LogP contribution in [0.4, 0.5) is 0 Å². The fraction of sp³-hybridized carbons (Fsp3) is 0.733. The molecule has 1 aliphatic heterocycles. The highest BCUT2D eigenvalue weighted by atomic mass is 35.5. The number of hydrogen-bond donors (Lipinski definition) is 1. The molecule has 1 aliphatic rings. The third-order valence-electron chi connectivity index (χ3n) is 4.00. The second kappa shape index (κ2) is 4.71. The van der Waals surface area contributed by atoms with Gasteiger partial charge in [-0.1, -0.05) is 11.6 Å². The van der Waals surface area contributed by atoms with E-state index in [0.717, 1.165) is 0 Å². The second-order valence-corrected chi connectivity index (χ2v) is 7.59. The Morgan fingerprint density at radius 1 is 1.24 bits per heavy atom. The van der Waals surface area contributed by atoms with Crippen LogP contribution in [0.5, 0.6) is 0 Å². The fourth-order valence-corrected chi connectivity index (χ4v) is 3.84. The molecule has 2 rings (SSSR count). The zero-order valence-corrected chi connectivity index (χ0v) is 14.2. The van der Waals surface area contributed by atoms with Gasteiger partial charge in [0.25, 0.3) is 0 Å². The van der Waals surface area contributed by atoms with Crippen LogP contribution < -0.4 is 0 Å². The van der Waals surface area contributed by atoms with Gasteiger partial charge in [0.1, 0.15) is 0 Å². The van der Waals surface area contributed by atoms with Gasteiger partial charge in [0, 0.05) is 12.8 Å². The predicted octanol–water partition coefficient (Wildman–Crippen LogP) is 3.30. The molecule has 1 fully saturated rings. The Morgan fingerprint density at radius 2 is 1.71 bits per heavy atom. The first-order valence-corrected chi connectivity index (χ1v) is 7.44. The van der Waals surface area contributed by atoms with E-state index in [1.165, 1.54) is 0 Å². The van der Waals surface area contributed by atoms with Gasteiger partial charge in [0.15, 0.2) is 5.54 Å². The standard InChI is InChI=1S/C15H23ClN2O3/c1-9-11(16)10(2)18(17-9)15(12(19)20)7-13(3,4)21-14(5,6)8-15/h7-8H2,1-6H3,(H,19,20). The van der Waals surface area contributed by atoms with E-state index in [-0.39, 0.29) is 0 Å². The first-order valence-electron chi connectivity index (χ1n) is 7.06. The Hall–Kier alpha value is -1.07. The Balaban J connectivity index is 2.66. The summed E-state index contributed by atoms with van der Waals surface area (Å²) in [6.45, 7) is 11.3. The number of hydrogen-bond acceptors (Lipinski definition) is 3. The van der Waals surface area contributed by atoms with Crippen molar-refractivity contribution in [2.24, 2.45) is 0 Å². The Bertz CT molecular complexity index is 574. The molecular formula is C15H23ClN2O3. The number of aryl methyl sites for hydroxylation is 1. The van der Waals surface area contributed by atoms with Crippen LogP contribution in [-0.4, -0.2) is 32.1 Å². The van der Waals surface area contributed by atoms with Gasteiger partial charge in [-0.15, -0.1) is 0 Å². The van der Waals surface area contributed by atoms with Gasteiger partial charge in [0.05, 0.1) is 27.6 Å². The summed E-state index contributed by atoms with van der Waals surface area (Å²) < 4.78 is 7.61. The predicted molar refractivity (Wildman–Crippen MR) is 80.8 cm³/mol. The first-order chi connectivity index (χ1) is 9.40. The summed E-state index contributed by atoms with van der Waals surface area (Å²) in [4.78, 5) is 12.2. The minimum absolute atomic E-state index is 0.344. The average molecular weight is 315 g/mol. The lowest BCUT2D eigenvalue weighted by Crippen LogP contribution is -2.59. The third kappa shape index (κ3) is 2.69. The number of nitrogens with zero attached hydrogens (tertiary/aromatic N) is 2. The highest BCUT2D eigenvalue weighted by molar-refractivity contribution is 6.31. The summed E-state index contributed by atoms with van der Waals surface area (Å²) in [6, 6.07) is 0. The quantitative estimate of drug-likeness (QED) is 0.909. The Kier molecular flexibility index (Phi) is 3.66. The van der Waals surface area contributed by atoms with Gasteiger partial charge < -0.3 is 9.84 Å². The lowest BCUT2D eigenvalue weighted by molar-refractivity contribution is -0.205. The van der Waals surface area contributed by atoms with Crippen LogP contribution in [0.2, 0.25) is 5.02 Å². The smallest absolute Gasteiger partial charge is 0.331 e. The van der Waals surface area contributed by atoms with E-state index < -0.39 is 22.7 Å². The van der Waals surface area contributed by atoms with Crippen molar-refractivity contribution in [3.63, 3.8) is 0 Å². The summed E-state index contributed by atoms with van der Waals surface area (Å²) in [7, 11) is 0. The van der Waals surface area contributed by atoms with Crippen LogP contribution >= 0.6 is 11.6 Å². The van der Waals surface area contributed by atoms with E-state index in [4.69, 9.17) is 16.3 Å². The lowest BCUT2D eigenvalue weighted by Gasteiger charge is -2.50. The van der Waals surface area contributed by atoms with Crippen molar-refractivity contribution < 1.29 is 14.6 Å². The van der Waals surface area contributed by atoms with E-state index >= 15 is 0 Å². The topological polar surface area (TPSA) is 64.4 Å². The number of ether oxygens (including phenoxy) is 1. The highest BCUT2D eigenvalue weighted by Gasteiger charge is 2.55. The van der Waals surface area contributed by atoms with Gasteiger partial charge in [0.2, 0.25) is 0 Å². The summed E-state index contributed by atoms with van der Waals surface area (Å²) in [5.74, 6) is -0.894. The molecule has 0 aromatic carbocycles. The number of rotatable bonds is 2. The average Bonchev–Trinajstić information content (AvgIpc) is 2.53. The number of carbonyl (C=O) groups is 1. The van der Waals surface area contributed by atoms with Crippen LogP contribution in [0.1, 0.15) is 51.9 Å². The molecule has 1 aromatic rings. The molecule has 6 heteroatoms. The zero-order chi connectivity index (χ0) is 16.2. The summed E-state index contributed by atoms with van der Waals surface area (Å²) in [6.07, 6.45) is 0.689. The van der Waals surface area contributed by atoms with E-state index in [9.17, 15) is 9.90 Å². The molecule has 0 spiro atoms. The van der Waals surface area contributed by atoms with Crippen LogP contribution in [0.25, 0.3) is 0 Å². The molecule has 1 saturated heterocycles. The molecule has 0 unspecified atom stereocenters. The van der Waals surface area contributed by atoms with Crippen molar-refractivity contribution in [2.75, 3.05) is 0 Å². The Morgan fingerprint density at radius 3 is 2.05 bits per heavy atom. The summed E-state index contributed by atoms with van der Waals surface area (Å²) in [5.41, 5.74) is -0.924. The van der Waals surface area contributed by atoms with Crippen molar-refractivity contribution in [1.29, 1.82) is 0 Å². The fourth-order valence-electron chi connectivity index (χ4n) is 3.72. The minimum Gasteiger partial charge on any atom is -0.479 e. The van der Waals surface area contributed by atoms with Crippen LogP contribution in [0.15, 0.2) is 0 Å². The van der Waals surface area contributed by atoms with Crippen LogP contribution in [-0.2, 0) is 15.1 Å². The summed E-state index contributed by atoms with van der Waals surface area (Å²) >= 11 is 6.22. The van der Waals surface area contributed by atoms with Gasteiger partial charge in [-0.3, -0.25) is 4.68 Å². The zero-order valence-electron chi connectivity index (χ0n) is 13.5. The normalized spacial score (nSPS) is 23.0. The number of aromatic nitrogens is 2. The molecule has 0 radical (unpaired) electrons. The number of aliphatic carboxylic acids is 1. The van der Waals surface area contributed by atoms with Gasteiger partial charge in [-0.25, -0.2) is 4.79 Å². The van der Waals surface area contributed by atoms with Gasteiger partial charge >= 0.3 is 5.97 Å². The second-order valence-electron chi connectivity index (χ2n) is 7.21. The van der Waals surface area contributed by atoms with E-state index in [1.807, 2.05) is 34.6 Å². The first kappa shape index (κ1) is 16.3. The van der Waals surface area contributed by atoms with Crippen LogP contribution in [0, 0.1) is 13.8 Å². The molecule has 118 valence electrons. The van der Waals surface area contributed by atoms with E-state index in [0.29, 0.717) is 29.3 Å². The van der Waals surface area contributed by atoms with Crippen LogP contribution in [0.3, 0.4) is 0 Å². The maximum atomic E-state index is 12.2. The van der Waals surface area contributed by atoms with E-state index in [1.54, 1.807) is 11.6 Å². The maximum absolute atomic E-state index is 12.2. The molecular weight excluding hydrogens is 292 g/mol. The molecule has 1 N–H and O–H groups in total. The van der Waals surface area contributed by atoms with Crippen molar-refractivity contribution in [3.05, 3.63) is 16.4 Å². The molecule has 21 heavy (non-hydrogen) atoms. The number of carboxylic acid groups (broad SMARTS) is 1. The number of halogens is 1. The molecule has 5 nitrogen and oxygen atoms in total. The SMILES string of the molecule is Cc1nn(C2(C(=O)O)CC(C)(C)OC(C)(C)C2)c(C)c1Cl. The van der Waals surface area contributed by atoms with E-state index in [2.05, 4.69) is 5.10 Å². The molecule has 2 heterocycles. The van der Waals surface area contributed by atoms with Gasteiger partial charge in [-0.05, 0) is 41.5 Å². The van der Waals surface area contributed by atoms with Gasteiger partial charge in [-0.2, -0.15) is 5.10 Å². The largest absolute Gasteiger partial charge is 0.479 e. The molecule has 1 aromatic heterocycles. The van der Waals surface area contributed by atoms with Crippen molar-refractivity contribution in [1.82, 2.24) is 9.78 Å². The molecule has 0 amide bonds. The van der Waals surface area contributed by atoms with Crippen molar-refractivity contribution >= 4 is 17.6 Å². The summed E-state index contributed by atoms with van der Waals surface area (Å²) in [5, 5.41) is 14.9. The Labute approximate surface area is 130 Å².